The van der Waals surface area contributed by atoms with E-state index in [1.807, 2.05) is 6.92 Å². The Kier molecular flexibility index (Phi) is 2.04. The smallest absolute Gasteiger partial charge is 0.159 e. The summed E-state index contributed by atoms with van der Waals surface area (Å²) in [7, 11) is 0. The van der Waals surface area contributed by atoms with Crippen molar-refractivity contribution in [3.63, 3.8) is 0 Å². The van der Waals surface area contributed by atoms with Crippen LogP contribution in [0, 0.1) is 6.92 Å². The number of aliphatic hydroxyl groups is 1. The molecule has 0 amide bonds. The minimum absolute atomic E-state index is 0.593. The summed E-state index contributed by atoms with van der Waals surface area (Å²) in [5.41, 5.74) is 0.290. The molecule has 1 aromatic rings. The van der Waals surface area contributed by atoms with Crippen LogP contribution in [-0.2, 0) is 5.60 Å². The lowest BCUT2D eigenvalue weighted by molar-refractivity contribution is 0.0350. The average Bonchev–Trinajstić information content (AvgIpc) is 2.54. The van der Waals surface area contributed by atoms with Gasteiger partial charge in [0.25, 0.3) is 0 Å². The van der Waals surface area contributed by atoms with Crippen molar-refractivity contribution in [3.8, 4) is 0 Å². The zero-order chi connectivity index (χ0) is 9.31. The van der Waals surface area contributed by atoms with Crippen LogP contribution in [0.5, 0.6) is 0 Å². The van der Waals surface area contributed by atoms with Crippen molar-refractivity contribution in [2.75, 3.05) is 0 Å². The fourth-order valence-corrected chi connectivity index (χ4v) is 1.82. The lowest BCUT2D eigenvalue weighted by atomic mass is 10.0. The third-order valence-corrected chi connectivity index (χ3v) is 2.63. The summed E-state index contributed by atoms with van der Waals surface area (Å²) in [6.45, 7) is 1.95. The van der Waals surface area contributed by atoms with E-state index in [2.05, 4.69) is 9.97 Å². The predicted molar refractivity (Wildman–Crippen MR) is 49.1 cm³/mol. The highest BCUT2D eigenvalue weighted by atomic mass is 16.3. The molecule has 70 valence electrons. The maximum absolute atomic E-state index is 10.1. The minimum atomic E-state index is -0.742. The zero-order valence-corrected chi connectivity index (χ0v) is 7.82. The van der Waals surface area contributed by atoms with Crippen molar-refractivity contribution in [2.24, 2.45) is 0 Å². The molecule has 0 spiro atoms. The third kappa shape index (κ3) is 1.56. The van der Waals surface area contributed by atoms with E-state index in [1.54, 1.807) is 12.4 Å². The Morgan fingerprint density at radius 2 is 1.77 bits per heavy atom. The molecule has 0 radical (unpaired) electrons. The number of nitrogens with zero attached hydrogens (tertiary/aromatic N) is 2. The van der Waals surface area contributed by atoms with Gasteiger partial charge in [-0.3, -0.25) is 0 Å². The summed E-state index contributed by atoms with van der Waals surface area (Å²) in [5.74, 6) is 0.593. The Morgan fingerprint density at radius 1 is 1.23 bits per heavy atom. The Morgan fingerprint density at radius 3 is 2.31 bits per heavy atom. The summed E-state index contributed by atoms with van der Waals surface area (Å²) in [6, 6.07) is 0. The Bertz CT molecular complexity index is 288. The number of rotatable bonds is 1. The molecule has 0 unspecified atom stereocenters. The molecule has 3 heteroatoms. The molecule has 1 aliphatic rings. The van der Waals surface area contributed by atoms with Gasteiger partial charge in [0, 0.05) is 12.4 Å². The second-order valence-corrected chi connectivity index (χ2v) is 3.82. The van der Waals surface area contributed by atoms with Gasteiger partial charge >= 0.3 is 0 Å². The van der Waals surface area contributed by atoms with Gasteiger partial charge in [0.15, 0.2) is 5.82 Å². The largest absolute Gasteiger partial charge is 0.382 e. The van der Waals surface area contributed by atoms with Gasteiger partial charge in [-0.25, -0.2) is 9.97 Å². The second kappa shape index (κ2) is 3.07. The Hall–Kier alpha value is -0.960. The first kappa shape index (κ1) is 8.63. The van der Waals surface area contributed by atoms with Crippen molar-refractivity contribution >= 4 is 0 Å². The van der Waals surface area contributed by atoms with Gasteiger partial charge in [-0.2, -0.15) is 0 Å². The number of aromatic nitrogens is 2. The van der Waals surface area contributed by atoms with Crippen LogP contribution in [0.25, 0.3) is 0 Å². The monoisotopic (exact) mass is 178 g/mol. The Labute approximate surface area is 77.8 Å². The van der Waals surface area contributed by atoms with Crippen LogP contribution < -0.4 is 0 Å². The lowest BCUT2D eigenvalue weighted by Gasteiger charge is -2.19. The van der Waals surface area contributed by atoms with Crippen LogP contribution in [0.4, 0.5) is 0 Å². The van der Waals surface area contributed by atoms with Crippen LogP contribution in [-0.4, -0.2) is 15.1 Å². The SMILES string of the molecule is Cc1cnc(C2(O)CCCC2)nc1. The fraction of sp³-hybridized carbons (Fsp3) is 0.600. The van der Waals surface area contributed by atoms with Crippen molar-refractivity contribution in [2.45, 2.75) is 38.2 Å². The summed E-state index contributed by atoms with van der Waals surface area (Å²) < 4.78 is 0. The molecule has 1 saturated carbocycles. The summed E-state index contributed by atoms with van der Waals surface area (Å²) in [4.78, 5) is 8.34. The van der Waals surface area contributed by atoms with E-state index in [1.165, 1.54) is 0 Å². The van der Waals surface area contributed by atoms with Crippen LogP contribution in [0.15, 0.2) is 12.4 Å². The molecule has 0 atom stereocenters. The topological polar surface area (TPSA) is 46.0 Å². The maximum Gasteiger partial charge on any atom is 0.159 e. The summed E-state index contributed by atoms with van der Waals surface area (Å²) in [6.07, 6.45) is 7.28. The molecular weight excluding hydrogens is 164 g/mol. The first-order chi connectivity index (χ1) is 6.21. The van der Waals surface area contributed by atoms with E-state index in [-0.39, 0.29) is 0 Å². The molecule has 1 aliphatic carbocycles. The van der Waals surface area contributed by atoms with Gasteiger partial charge < -0.3 is 5.11 Å². The van der Waals surface area contributed by atoms with Crippen LogP contribution in [0.2, 0.25) is 0 Å². The van der Waals surface area contributed by atoms with Gasteiger partial charge in [-0.1, -0.05) is 0 Å². The minimum Gasteiger partial charge on any atom is -0.382 e. The molecule has 0 aliphatic heterocycles. The number of hydrogen-bond donors (Lipinski definition) is 1. The van der Waals surface area contributed by atoms with Crippen molar-refractivity contribution in [1.29, 1.82) is 0 Å². The van der Waals surface area contributed by atoms with Gasteiger partial charge in [-0.05, 0) is 38.2 Å². The van der Waals surface area contributed by atoms with Gasteiger partial charge in [-0.15, -0.1) is 0 Å². The van der Waals surface area contributed by atoms with E-state index in [4.69, 9.17) is 0 Å². The molecule has 1 aromatic heterocycles. The molecule has 3 nitrogen and oxygen atoms in total. The van der Waals surface area contributed by atoms with Gasteiger partial charge in [0.1, 0.15) is 5.60 Å². The highest BCUT2D eigenvalue weighted by molar-refractivity contribution is 5.08. The van der Waals surface area contributed by atoms with E-state index in [0.29, 0.717) is 5.82 Å². The van der Waals surface area contributed by atoms with Gasteiger partial charge in [0.05, 0.1) is 0 Å². The molecule has 0 bridgehead atoms. The van der Waals surface area contributed by atoms with E-state index in [0.717, 1.165) is 31.2 Å². The molecule has 0 aromatic carbocycles. The quantitative estimate of drug-likeness (QED) is 0.709. The molecule has 1 N–H and O–H groups in total. The fourth-order valence-electron chi connectivity index (χ4n) is 1.82. The highest BCUT2D eigenvalue weighted by Gasteiger charge is 2.35. The standard InChI is InChI=1S/C10H14N2O/c1-8-6-11-9(12-7-8)10(13)4-2-3-5-10/h6-7,13H,2-5H2,1H3. The average molecular weight is 178 g/mol. The first-order valence-corrected chi connectivity index (χ1v) is 4.72. The van der Waals surface area contributed by atoms with Crippen molar-refractivity contribution < 1.29 is 5.11 Å². The number of hydrogen-bond acceptors (Lipinski definition) is 3. The van der Waals surface area contributed by atoms with Crippen LogP contribution >= 0.6 is 0 Å². The maximum atomic E-state index is 10.1. The number of aryl methyl sites for hydroxylation is 1. The summed E-state index contributed by atoms with van der Waals surface area (Å²) in [5, 5.41) is 10.1. The Balaban J connectivity index is 2.29. The molecular formula is C10H14N2O. The lowest BCUT2D eigenvalue weighted by Crippen LogP contribution is -2.24. The first-order valence-electron chi connectivity index (χ1n) is 4.72. The molecule has 0 saturated heterocycles. The molecule has 2 rings (SSSR count). The van der Waals surface area contributed by atoms with Crippen molar-refractivity contribution in [3.05, 3.63) is 23.8 Å². The highest BCUT2D eigenvalue weighted by Crippen LogP contribution is 2.36. The second-order valence-electron chi connectivity index (χ2n) is 3.82. The predicted octanol–water partition coefficient (Wildman–Crippen LogP) is 1.55. The molecule has 13 heavy (non-hydrogen) atoms. The van der Waals surface area contributed by atoms with Crippen LogP contribution in [0.1, 0.15) is 37.1 Å². The molecule has 1 fully saturated rings. The zero-order valence-electron chi connectivity index (χ0n) is 7.82. The normalized spacial score (nSPS) is 20.5. The van der Waals surface area contributed by atoms with E-state index >= 15 is 0 Å². The van der Waals surface area contributed by atoms with Crippen LogP contribution in [0.3, 0.4) is 0 Å². The third-order valence-electron chi connectivity index (χ3n) is 2.63. The van der Waals surface area contributed by atoms with Crippen molar-refractivity contribution in [1.82, 2.24) is 9.97 Å². The molecule has 1 heterocycles. The van der Waals surface area contributed by atoms with E-state index < -0.39 is 5.60 Å². The van der Waals surface area contributed by atoms with E-state index in [9.17, 15) is 5.11 Å². The summed E-state index contributed by atoms with van der Waals surface area (Å²) >= 11 is 0. The van der Waals surface area contributed by atoms with Gasteiger partial charge in [0.2, 0.25) is 0 Å².